The summed E-state index contributed by atoms with van der Waals surface area (Å²) in [6.45, 7) is 6.41. The molecule has 0 aliphatic carbocycles. The first-order chi connectivity index (χ1) is 7.70. The van der Waals surface area contributed by atoms with E-state index in [1.54, 1.807) is 6.07 Å². The SMILES string of the molecule is CCCC=C(CCC)c1c(C)cccc1O. The number of hydrogen-bond donors (Lipinski definition) is 1. The summed E-state index contributed by atoms with van der Waals surface area (Å²) in [5.41, 5.74) is 3.49. The number of unbranched alkanes of at least 4 members (excludes halogenated alkanes) is 1. The molecule has 1 rings (SSSR count). The first-order valence-electron chi connectivity index (χ1n) is 6.18. The van der Waals surface area contributed by atoms with Gasteiger partial charge in [-0.1, -0.05) is 44.9 Å². The van der Waals surface area contributed by atoms with Crippen LogP contribution in [0.25, 0.3) is 5.57 Å². The van der Waals surface area contributed by atoms with Gasteiger partial charge in [0.25, 0.3) is 0 Å². The molecule has 1 aromatic carbocycles. The van der Waals surface area contributed by atoms with E-state index in [1.807, 2.05) is 6.07 Å². The van der Waals surface area contributed by atoms with Crippen LogP contribution in [0.15, 0.2) is 24.3 Å². The number of phenols is 1. The van der Waals surface area contributed by atoms with Crippen LogP contribution < -0.4 is 0 Å². The summed E-state index contributed by atoms with van der Waals surface area (Å²) in [6, 6.07) is 5.74. The molecule has 88 valence electrons. The fourth-order valence-corrected chi connectivity index (χ4v) is 1.99. The fourth-order valence-electron chi connectivity index (χ4n) is 1.99. The third kappa shape index (κ3) is 3.13. The van der Waals surface area contributed by atoms with Gasteiger partial charge in [0.1, 0.15) is 5.75 Å². The smallest absolute Gasteiger partial charge is 0.123 e. The Morgan fingerprint density at radius 3 is 2.56 bits per heavy atom. The van der Waals surface area contributed by atoms with Gasteiger partial charge < -0.3 is 5.11 Å². The minimum atomic E-state index is 0.413. The summed E-state index contributed by atoms with van der Waals surface area (Å²) in [4.78, 5) is 0. The van der Waals surface area contributed by atoms with Crippen LogP contribution in [-0.2, 0) is 0 Å². The Hall–Kier alpha value is -1.24. The third-order valence-corrected chi connectivity index (χ3v) is 2.77. The monoisotopic (exact) mass is 218 g/mol. The maximum atomic E-state index is 9.95. The van der Waals surface area contributed by atoms with Crippen LogP contribution in [0.5, 0.6) is 5.75 Å². The van der Waals surface area contributed by atoms with Gasteiger partial charge in [-0.05, 0) is 37.0 Å². The van der Waals surface area contributed by atoms with Crippen molar-refractivity contribution in [2.45, 2.75) is 46.5 Å². The third-order valence-electron chi connectivity index (χ3n) is 2.77. The van der Waals surface area contributed by atoms with Crippen molar-refractivity contribution < 1.29 is 5.11 Å². The van der Waals surface area contributed by atoms with Crippen LogP contribution in [0, 0.1) is 6.92 Å². The zero-order valence-electron chi connectivity index (χ0n) is 10.6. The molecule has 0 fully saturated rings. The van der Waals surface area contributed by atoms with Crippen molar-refractivity contribution in [2.75, 3.05) is 0 Å². The van der Waals surface area contributed by atoms with Crippen LogP contribution in [0.2, 0.25) is 0 Å². The molecule has 0 aromatic heterocycles. The van der Waals surface area contributed by atoms with E-state index in [2.05, 4.69) is 32.9 Å². The Morgan fingerprint density at radius 2 is 2.00 bits per heavy atom. The highest BCUT2D eigenvalue weighted by Gasteiger charge is 2.08. The normalized spacial score (nSPS) is 11.8. The van der Waals surface area contributed by atoms with E-state index in [0.717, 1.165) is 36.8 Å². The van der Waals surface area contributed by atoms with Crippen molar-refractivity contribution in [3.05, 3.63) is 35.4 Å². The Labute approximate surface area is 98.8 Å². The minimum Gasteiger partial charge on any atom is -0.507 e. The van der Waals surface area contributed by atoms with Crippen molar-refractivity contribution in [2.24, 2.45) is 0 Å². The van der Waals surface area contributed by atoms with Crippen LogP contribution >= 0.6 is 0 Å². The van der Waals surface area contributed by atoms with Gasteiger partial charge in [0.05, 0.1) is 0 Å². The molecule has 0 saturated heterocycles. The van der Waals surface area contributed by atoms with E-state index >= 15 is 0 Å². The van der Waals surface area contributed by atoms with E-state index < -0.39 is 0 Å². The molecule has 0 heterocycles. The van der Waals surface area contributed by atoms with Crippen molar-refractivity contribution in [3.8, 4) is 5.75 Å². The quantitative estimate of drug-likeness (QED) is 0.760. The van der Waals surface area contributed by atoms with Crippen LogP contribution in [0.3, 0.4) is 0 Å². The standard InChI is InChI=1S/C15H22O/c1-4-6-10-13(8-5-2)15-12(3)9-7-11-14(15)16/h7,9-11,16H,4-6,8H2,1-3H3. The molecule has 0 bridgehead atoms. The second-order valence-corrected chi connectivity index (χ2v) is 4.24. The highest BCUT2D eigenvalue weighted by molar-refractivity contribution is 5.72. The van der Waals surface area contributed by atoms with E-state index in [4.69, 9.17) is 0 Å². The molecule has 0 saturated carbocycles. The maximum absolute atomic E-state index is 9.95. The lowest BCUT2D eigenvalue weighted by atomic mass is 9.95. The number of aryl methyl sites for hydroxylation is 1. The first kappa shape index (κ1) is 12.8. The van der Waals surface area contributed by atoms with Gasteiger partial charge in [0, 0.05) is 5.56 Å². The van der Waals surface area contributed by atoms with Gasteiger partial charge >= 0.3 is 0 Å². The second-order valence-electron chi connectivity index (χ2n) is 4.24. The first-order valence-corrected chi connectivity index (χ1v) is 6.18. The van der Waals surface area contributed by atoms with Crippen LogP contribution in [0.1, 0.15) is 50.7 Å². The molecule has 0 unspecified atom stereocenters. The molecule has 0 spiro atoms. The highest BCUT2D eigenvalue weighted by atomic mass is 16.3. The van der Waals surface area contributed by atoms with Gasteiger partial charge in [-0.2, -0.15) is 0 Å². The number of phenolic OH excluding ortho intramolecular Hbond substituents is 1. The molecular formula is C15H22O. The summed E-state index contributed by atoms with van der Waals surface area (Å²) in [7, 11) is 0. The Bertz CT molecular complexity index is 343. The average Bonchev–Trinajstić information content (AvgIpc) is 2.25. The number of allylic oxidation sites excluding steroid dienone is 2. The van der Waals surface area contributed by atoms with E-state index in [-0.39, 0.29) is 0 Å². The number of rotatable bonds is 5. The predicted molar refractivity (Wildman–Crippen MR) is 70.6 cm³/mol. The summed E-state index contributed by atoms with van der Waals surface area (Å²) in [5, 5.41) is 9.95. The lowest BCUT2D eigenvalue weighted by Gasteiger charge is -2.12. The Morgan fingerprint density at radius 1 is 1.25 bits per heavy atom. The topological polar surface area (TPSA) is 20.2 Å². The molecular weight excluding hydrogens is 196 g/mol. The molecule has 0 radical (unpaired) electrons. The molecule has 0 amide bonds. The van der Waals surface area contributed by atoms with Gasteiger partial charge in [-0.25, -0.2) is 0 Å². The molecule has 1 heteroatoms. The number of hydrogen-bond acceptors (Lipinski definition) is 1. The lowest BCUT2D eigenvalue weighted by molar-refractivity contribution is 0.472. The van der Waals surface area contributed by atoms with Gasteiger partial charge in [0.2, 0.25) is 0 Å². The summed E-state index contributed by atoms with van der Waals surface area (Å²) in [6.07, 6.45) is 6.66. The second kappa shape index (κ2) is 6.37. The molecule has 1 nitrogen and oxygen atoms in total. The average molecular weight is 218 g/mol. The lowest BCUT2D eigenvalue weighted by Crippen LogP contribution is -1.90. The number of aromatic hydroxyl groups is 1. The molecule has 0 aliphatic heterocycles. The molecule has 1 aromatic rings. The van der Waals surface area contributed by atoms with Crippen molar-refractivity contribution >= 4 is 5.57 Å². The molecule has 0 atom stereocenters. The maximum Gasteiger partial charge on any atom is 0.123 e. The zero-order chi connectivity index (χ0) is 12.0. The van der Waals surface area contributed by atoms with E-state index in [1.165, 1.54) is 5.57 Å². The van der Waals surface area contributed by atoms with Crippen molar-refractivity contribution in [1.29, 1.82) is 0 Å². The zero-order valence-corrected chi connectivity index (χ0v) is 10.6. The predicted octanol–water partition coefficient (Wildman–Crippen LogP) is 4.68. The molecule has 1 N–H and O–H groups in total. The molecule has 0 aliphatic rings. The summed E-state index contributed by atoms with van der Waals surface area (Å²) in [5.74, 6) is 0.413. The van der Waals surface area contributed by atoms with Crippen LogP contribution in [-0.4, -0.2) is 5.11 Å². The van der Waals surface area contributed by atoms with Crippen molar-refractivity contribution in [3.63, 3.8) is 0 Å². The van der Waals surface area contributed by atoms with Gasteiger partial charge in [-0.15, -0.1) is 0 Å². The van der Waals surface area contributed by atoms with Gasteiger partial charge in [-0.3, -0.25) is 0 Å². The van der Waals surface area contributed by atoms with E-state index in [0.29, 0.717) is 5.75 Å². The Balaban J connectivity index is 3.10. The number of benzene rings is 1. The summed E-state index contributed by atoms with van der Waals surface area (Å²) < 4.78 is 0. The van der Waals surface area contributed by atoms with E-state index in [9.17, 15) is 5.11 Å². The summed E-state index contributed by atoms with van der Waals surface area (Å²) >= 11 is 0. The van der Waals surface area contributed by atoms with Crippen molar-refractivity contribution in [1.82, 2.24) is 0 Å². The minimum absolute atomic E-state index is 0.413. The highest BCUT2D eigenvalue weighted by Crippen LogP contribution is 2.31. The Kier molecular flexibility index (Phi) is 5.10. The largest absolute Gasteiger partial charge is 0.507 e. The fraction of sp³-hybridized carbons (Fsp3) is 0.467. The van der Waals surface area contributed by atoms with Gasteiger partial charge in [0.15, 0.2) is 0 Å². The van der Waals surface area contributed by atoms with Crippen LogP contribution in [0.4, 0.5) is 0 Å². The molecule has 16 heavy (non-hydrogen) atoms.